The van der Waals surface area contributed by atoms with Crippen LogP contribution in [0.15, 0.2) is 47.6 Å². The van der Waals surface area contributed by atoms with E-state index >= 15 is 0 Å². The van der Waals surface area contributed by atoms with Crippen molar-refractivity contribution in [1.29, 1.82) is 0 Å². The van der Waals surface area contributed by atoms with Gasteiger partial charge in [0, 0.05) is 28.7 Å². The number of thioether (sulfide) groups is 1. The highest BCUT2D eigenvalue weighted by Gasteiger charge is 2.42. The van der Waals surface area contributed by atoms with Crippen molar-refractivity contribution >= 4 is 41.5 Å². The van der Waals surface area contributed by atoms with E-state index in [0.717, 1.165) is 25.0 Å². The predicted octanol–water partition coefficient (Wildman–Crippen LogP) is 2.83. The number of anilines is 1. The molecule has 0 unspecified atom stereocenters. The molecule has 2 aliphatic rings. The number of carbonyl (C=O) groups is 3. The van der Waals surface area contributed by atoms with Crippen molar-refractivity contribution in [1.82, 2.24) is 16.1 Å². The molecule has 2 heterocycles. The summed E-state index contributed by atoms with van der Waals surface area (Å²) in [6, 6.07) is 11.6. The van der Waals surface area contributed by atoms with Gasteiger partial charge in [-0.15, -0.1) is 0 Å². The van der Waals surface area contributed by atoms with E-state index in [1.807, 2.05) is 11.8 Å². The third-order valence-corrected chi connectivity index (χ3v) is 7.60. The Kier molecular flexibility index (Phi) is 8.32. The first-order chi connectivity index (χ1) is 17.4. The van der Waals surface area contributed by atoms with Crippen LogP contribution in [0.1, 0.15) is 41.6 Å². The lowest BCUT2D eigenvalue weighted by Crippen LogP contribution is -2.36. The Bertz CT molecular complexity index is 1140. The van der Waals surface area contributed by atoms with Crippen LogP contribution in [0.2, 0.25) is 0 Å². The van der Waals surface area contributed by atoms with Gasteiger partial charge in [0.15, 0.2) is 11.5 Å². The molecule has 0 aromatic heterocycles. The molecular formula is C25H29N5O5S. The topological polar surface area (TPSA) is 141 Å². The molecule has 10 nitrogen and oxygen atoms in total. The Morgan fingerprint density at radius 2 is 2.00 bits per heavy atom. The van der Waals surface area contributed by atoms with E-state index in [2.05, 4.69) is 26.5 Å². The molecule has 2 fully saturated rings. The van der Waals surface area contributed by atoms with E-state index in [-0.39, 0.29) is 29.8 Å². The Morgan fingerprint density at radius 1 is 1.19 bits per heavy atom. The van der Waals surface area contributed by atoms with Crippen LogP contribution in [0.4, 0.5) is 10.5 Å². The molecule has 11 heteroatoms. The molecule has 2 aromatic rings. The lowest BCUT2D eigenvalue weighted by molar-refractivity contribution is -0.116. The Hall–Kier alpha value is -3.73. The lowest BCUT2D eigenvalue weighted by atomic mass is 10.0. The summed E-state index contributed by atoms with van der Waals surface area (Å²) in [4.78, 5) is 36.1. The zero-order chi connectivity index (χ0) is 25.5. The molecule has 36 heavy (non-hydrogen) atoms. The Balaban J connectivity index is 1.16. The van der Waals surface area contributed by atoms with E-state index in [1.165, 1.54) is 19.4 Å². The molecule has 2 aromatic carbocycles. The van der Waals surface area contributed by atoms with E-state index in [9.17, 15) is 19.5 Å². The average molecular weight is 512 g/mol. The number of methoxy groups -OCH3 is 1. The molecule has 0 saturated carbocycles. The van der Waals surface area contributed by atoms with Gasteiger partial charge in [-0.2, -0.15) is 16.9 Å². The number of hydrogen-bond donors (Lipinski definition) is 5. The highest BCUT2D eigenvalue weighted by Crippen LogP contribution is 2.33. The summed E-state index contributed by atoms with van der Waals surface area (Å²) in [6.45, 7) is 0. The minimum absolute atomic E-state index is 0.0186. The monoisotopic (exact) mass is 511 g/mol. The highest BCUT2D eigenvalue weighted by atomic mass is 32.2. The van der Waals surface area contributed by atoms with Crippen molar-refractivity contribution in [3.8, 4) is 11.5 Å². The number of fused-ring (bicyclic) bond motifs is 1. The van der Waals surface area contributed by atoms with Gasteiger partial charge in [0.05, 0.1) is 25.4 Å². The summed E-state index contributed by atoms with van der Waals surface area (Å²) < 4.78 is 5.04. The van der Waals surface area contributed by atoms with Gasteiger partial charge in [0.25, 0.3) is 5.91 Å². The number of phenolic OH excluding ortho intramolecular Hbond substituents is 1. The van der Waals surface area contributed by atoms with E-state index in [1.54, 1.807) is 36.4 Å². The molecule has 4 amide bonds. The first kappa shape index (κ1) is 25.4. The van der Waals surface area contributed by atoms with Gasteiger partial charge < -0.3 is 25.8 Å². The largest absolute Gasteiger partial charge is 0.504 e. The van der Waals surface area contributed by atoms with E-state index in [0.29, 0.717) is 34.2 Å². The minimum Gasteiger partial charge on any atom is -0.504 e. The summed E-state index contributed by atoms with van der Waals surface area (Å²) in [5.74, 6) is 0.794. The van der Waals surface area contributed by atoms with Gasteiger partial charge in [-0.25, -0.2) is 10.2 Å². The molecule has 190 valence electrons. The van der Waals surface area contributed by atoms with Crippen molar-refractivity contribution in [2.45, 2.75) is 43.0 Å². The molecule has 2 saturated heterocycles. The second kappa shape index (κ2) is 11.8. The standard InChI is InChI=1S/C25H29N5O5S/c1-35-20-12-15(6-11-19(20)31)13-26-30-24(33)16-7-9-17(10-8-16)27-22(32)5-3-2-4-21-23-18(14-36-21)28-25(34)29-23/h6-13,18,21,23,31H,2-5,14H2,1H3,(H,27,32)(H,30,33)(H2,28,29,34)/b26-13+/t18-,21-,23-/m0/s1. The summed E-state index contributed by atoms with van der Waals surface area (Å²) >= 11 is 1.87. The van der Waals surface area contributed by atoms with Crippen LogP contribution < -0.4 is 26.1 Å². The number of ether oxygens (including phenoxy) is 1. The number of hydrazone groups is 1. The van der Waals surface area contributed by atoms with Crippen LogP contribution >= 0.6 is 11.8 Å². The maximum Gasteiger partial charge on any atom is 0.315 e. The summed E-state index contributed by atoms with van der Waals surface area (Å²) in [5.41, 5.74) is 4.11. The number of urea groups is 1. The number of unbranched alkanes of at least 4 members (excludes halogenated alkanes) is 1. The van der Waals surface area contributed by atoms with Gasteiger partial charge >= 0.3 is 6.03 Å². The molecule has 0 aliphatic carbocycles. The second-order valence-corrected chi connectivity index (χ2v) is 9.90. The lowest BCUT2D eigenvalue weighted by Gasteiger charge is -2.16. The van der Waals surface area contributed by atoms with Crippen LogP contribution in [0.3, 0.4) is 0 Å². The molecule has 3 atom stereocenters. The molecule has 2 aliphatic heterocycles. The normalized spacial score (nSPS) is 20.5. The fraction of sp³-hybridized carbons (Fsp3) is 0.360. The third-order valence-electron chi connectivity index (χ3n) is 6.09. The van der Waals surface area contributed by atoms with Crippen molar-refractivity contribution < 1.29 is 24.2 Å². The number of benzene rings is 2. The van der Waals surface area contributed by atoms with Gasteiger partial charge in [-0.05, 0) is 60.9 Å². The number of rotatable bonds is 10. The van der Waals surface area contributed by atoms with Crippen molar-refractivity contribution in [2.75, 3.05) is 18.2 Å². The fourth-order valence-electron chi connectivity index (χ4n) is 4.21. The number of hydrogen-bond acceptors (Lipinski definition) is 7. The van der Waals surface area contributed by atoms with Crippen LogP contribution in [-0.2, 0) is 4.79 Å². The van der Waals surface area contributed by atoms with Crippen LogP contribution in [0, 0.1) is 0 Å². The molecule has 4 rings (SSSR count). The third kappa shape index (κ3) is 6.48. The van der Waals surface area contributed by atoms with Crippen LogP contribution in [-0.4, -0.2) is 59.4 Å². The zero-order valence-electron chi connectivity index (χ0n) is 19.8. The van der Waals surface area contributed by atoms with Gasteiger partial charge in [-0.1, -0.05) is 6.42 Å². The SMILES string of the molecule is COc1cc(/C=N/NC(=O)c2ccc(NC(=O)CCCC[C@@H]3SC[C@@H]4NC(=O)N[C@@H]43)cc2)ccc1O. The molecular weight excluding hydrogens is 482 g/mol. The number of aromatic hydroxyl groups is 1. The van der Waals surface area contributed by atoms with Crippen molar-refractivity contribution in [3.63, 3.8) is 0 Å². The van der Waals surface area contributed by atoms with Gasteiger partial charge in [0.2, 0.25) is 5.91 Å². The molecule has 0 radical (unpaired) electrons. The Labute approximate surface area is 213 Å². The number of nitrogens with zero attached hydrogens (tertiary/aromatic N) is 1. The molecule has 0 bridgehead atoms. The summed E-state index contributed by atoms with van der Waals surface area (Å²) in [5, 5.41) is 22.7. The molecule has 5 N–H and O–H groups in total. The van der Waals surface area contributed by atoms with Crippen LogP contribution in [0.5, 0.6) is 11.5 Å². The quantitative estimate of drug-likeness (QED) is 0.144. The average Bonchev–Trinajstić information content (AvgIpc) is 3.42. The maximum absolute atomic E-state index is 12.3. The van der Waals surface area contributed by atoms with E-state index in [4.69, 9.17) is 4.74 Å². The number of carbonyl (C=O) groups excluding carboxylic acids is 3. The number of phenols is 1. The summed E-state index contributed by atoms with van der Waals surface area (Å²) in [6.07, 6.45) is 4.51. The van der Waals surface area contributed by atoms with Crippen LogP contribution in [0.25, 0.3) is 0 Å². The maximum atomic E-state index is 12.3. The Morgan fingerprint density at radius 3 is 2.78 bits per heavy atom. The predicted molar refractivity (Wildman–Crippen MR) is 139 cm³/mol. The van der Waals surface area contributed by atoms with E-state index < -0.39 is 5.91 Å². The molecule has 0 spiro atoms. The van der Waals surface area contributed by atoms with Crippen molar-refractivity contribution in [3.05, 3.63) is 53.6 Å². The first-order valence-electron chi connectivity index (χ1n) is 11.7. The smallest absolute Gasteiger partial charge is 0.315 e. The van der Waals surface area contributed by atoms with Gasteiger partial charge in [0.1, 0.15) is 0 Å². The number of nitrogens with one attached hydrogen (secondary N) is 4. The fourth-order valence-corrected chi connectivity index (χ4v) is 5.75. The first-order valence-corrected chi connectivity index (χ1v) is 12.8. The van der Waals surface area contributed by atoms with Crippen molar-refractivity contribution in [2.24, 2.45) is 5.10 Å². The second-order valence-electron chi connectivity index (χ2n) is 8.62. The number of amides is 4. The highest BCUT2D eigenvalue weighted by molar-refractivity contribution is 8.00. The zero-order valence-corrected chi connectivity index (χ0v) is 20.6. The summed E-state index contributed by atoms with van der Waals surface area (Å²) in [7, 11) is 1.45. The van der Waals surface area contributed by atoms with Gasteiger partial charge in [-0.3, -0.25) is 9.59 Å². The minimum atomic E-state index is -0.393.